The van der Waals surface area contributed by atoms with E-state index in [4.69, 9.17) is 11.6 Å². The third kappa shape index (κ3) is 4.18. The molecule has 3 nitrogen and oxygen atoms in total. The molecule has 1 atom stereocenters. The molecule has 1 aromatic rings. The molecule has 1 N–H and O–H groups in total. The molecule has 0 aromatic heterocycles. The van der Waals surface area contributed by atoms with Crippen molar-refractivity contribution >= 4 is 21.4 Å². The lowest BCUT2D eigenvalue weighted by Crippen LogP contribution is -2.45. The van der Waals surface area contributed by atoms with Gasteiger partial charge in [0.2, 0.25) is 0 Å². The summed E-state index contributed by atoms with van der Waals surface area (Å²) in [6, 6.07) is 4.93. The van der Waals surface area contributed by atoms with Crippen molar-refractivity contribution in [2.75, 3.05) is 18.1 Å². The highest BCUT2D eigenvalue weighted by Gasteiger charge is 2.29. The Hall–Kier alpha value is -0.650. The average Bonchev–Trinajstić information content (AvgIpc) is 2.38. The Morgan fingerprint density at radius 3 is 2.81 bits per heavy atom. The number of sulfone groups is 1. The van der Waals surface area contributed by atoms with Crippen LogP contribution in [0.3, 0.4) is 0 Å². The first-order chi connectivity index (χ1) is 9.71. The molecule has 0 amide bonds. The summed E-state index contributed by atoms with van der Waals surface area (Å²) in [5, 5.41) is 3.39. The van der Waals surface area contributed by atoms with Gasteiger partial charge < -0.3 is 5.32 Å². The van der Waals surface area contributed by atoms with Crippen molar-refractivity contribution in [1.82, 2.24) is 5.32 Å². The Morgan fingerprint density at radius 2 is 2.14 bits per heavy atom. The summed E-state index contributed by atoms with van der Waals surface area (Å²) in [4.78, 5) is 0. The van der Waals surface area contributed by atoms with E-state index in [1.54, 1.807) is 12.1 Å². The number of halogens is 2. The normalized spacial score (nSPS) is 22.2. The predicted molar refractivity (Wildman–Crippen MR) is 84.1 cm³/mol. The third-order valence-corrected chi connectivity index (χ3v) is 6.09. The van der Waals surface area contributed by atoms with E-state index in [-0.39, 0.29) is 22.6 Å². The van der Waals surface area contributed by atoms with Crippen LogP contribution in [-0.2, 0) is 15.3 Å². The zero-order valence-corrected chi connectivity index (χ0v) is 13.9. The van der Waals surface area contributed by atoms with Gasteiger partial charge in [-0.1, -0.05) is 37.6 Å². The smallest absolute Gasteiger partial charge is 0.151 e. The monoisotopic (exact) mass is 333 g/mol. The van der Waals surface area contributed by atoms with Crippen LogP contribution in [0.1, 0.15) is 32.3 Å². The van der Waals surface area contributed by atoms with Crippen LogP contribution < -0.4 is 5.32 Å². The zero-order chi connectivity index (χ0) is 15.7. The Balaban J connectivity index is 2.06. The van der Waals surface area contributed by atoms with Crippen LogP contribution in [0.25, 0.3) is 0 Å². The van der Waals surface area contributed by atoms with Crippen LogP contribution in [0.15, 0.2) is 18.2 Å². The fourth-order valence-electron chi connectivity index (χ4n) is 2.71. The maximum Gasteiger partial charge on any atom is 0.151 e. The number of nitrogens with one attached hydrogen (secondary N) is 1. The molecule has 0 saturated carbocycles. The van der Waals surface area contributed by atoms with E-state index in [0.717, 1.165) is 6.42 Å². The molecule has 118 valence electrons. The molecule has 1 aromatic carbocycles. The second kappa shape index (κ2) is 6.23. The molecule has 0 spiro atoms. The van der Waals surface area contributed by atoms with Crippen LogP contribution in [0, 0.1) is 5.82 Å². The highest BCUT2D eigenvalue weighted by atomic mass is 35.5. The standard InChI is InChI=1S/C15H21ClFNO2S/c1-15(2,12-6-3-7-13(16)14(12)17)10-18-11-5-4-8-21(19,20)9-11/h3,6-7,11,18H,4-5,8-10H2,1-2H3. The first-order valence-electron chi connectivity index (χ1n) is 7.09. The molecule has 0 aliphatic carbocycles. The van der Waals surface area contributed by atoms with Crippen molar-refractivity contribution < 1.29 is 12.8 Å². The molecule has 1 unspecified atom stereocenters. The van der Waals surface area contributed by atoms with Crippen molar-refractivity contribution in [3.63, 3.8) is 0 Å². The summed E-state index contributed by atoms with van der Waals surface area (Å²) in [6.45, 7) is 4.35. The van der Waals surface area contributed by atoms with Gasteiger partial charge in [-0.15, -0.1) is 0 Å². The molecule has 1 aliphatic rings. The summed E-state index contributed by atoms with van der Waals surface area (Å²) < 4.78 is 37.4. The maximum absolute atomic E-state index is 14.1. The average molecular weight is 334 g/mol. The van der Waals surface area contributed by atoms with E-state index in [1.165, 1.54) is 6.07 Å². The minimum atomic E-state index is -2.94. The number of benzene rings is 1. The van der Waals surface area contributed by atoms with Gasteiger partial charge in [0.05, 0.1) is 16.5 Å². The summed E-state index contributed by atoms with van der Waals surface area (Å²) in [6.07, 6.45) is 1.53. The Kier molecular flexibility index (Phi) is 4.96. The molecule has 21 heavy (non-hydrogen) atoms. The van der Waals surface area contributed by atoms with Gasteiger partial charge in [0, 0.05) is 18.0 Å². The van der Waals surface area contributed by atoms with Crippen molar-refractivity contribution in [2.24, 2.45) is 0 Å². The number of hydrogen-bond donors (Lipinski definition) is 1. The first kappa shape index (κ1) is 16.7. The summed E-state index contributed by atoms with van der Waals surface area (Å²) >= 11 is 5.83. The molecule has 1 saturated heterocycles. The van der Waals surface area contributed by atoms with Gasteiger partial charge in [-0.2, -0.15) is 0 Å². The van der Waals surface area contributed by atoms with Crippen LogP contribution in [0.2, 0.25) is 5.02 Å². The molecule has 1 aliphatic heterocycles. The maximum atomic E-state index is 14.1. The first-order valence-corrected chi connectivity index (χ1v) is 9.29. The van der Waals surface area contributed by atoms with Gasteiger partial charge >= 0.3 is 0 Å². The summed E-state index contributed by atoms with van der Waals surface area (Å²) in [7, 11) is -2.94. The molecule has 1 fully saturated rings. The fraction of sp³-hybridized carbons (Fsp3) is 0.600. The summed E-state index contributed by atoms with van der Waals surface area (Å²) in [5.41, 5.74) is 0.0806. The van der Waals surface area contributed by atoms with E-state index >= 15 is 0 Å². The lowest BCUT2D eigenvalue weighted by Gasteiger charge is -2.31. The molecular weight excluding hydrogens is 313 g/mol. The summed E-state index contributed by atoms with van der Waals surface area (Å²) in [5.74, 6) is 0.0423. The molecule has 0 radical (unpaired) electrons. The van der Waals surface area contributed by atoms with Crippen LogP contribution in [-0.4, -0.2) is 32.5 Å². The van der Waals surface area contributed by atoms with Crippen molar-refractivity contribution in [3.05, 3.63) is 34.6 Å². The van der Waals surface area contributed by atoms with Crippen LogP contribution in [0.4, 0.5) is 4.39 Å². The number of rotatable bonds is 4. The lowest BCUT2D eigenvalue weighted by atomic mass is 9.84. The van der Waals surface area contributed by atoms with Crippen molar-refractivity contribution in [3.8, 4) is 0 Å². The van der Waals surface area contributed by atoms with E-state index < -0.39 is 21.1 Å². The van der Waals surface area contributed by atoms with E-state index in [2.05, 4.69) is 5.32 Å². The second-order valence-corrected chi connectivity index (χ2v) is 8.96. The Labute approximate surface area is 130 Å². The SMILES string of the molecule is CC(C)(CNC1CCCS(=O)(=O)C1)c1cccc(Cl)c1F. The van der Waals surface area contributed by atoms with Crippen LogP contribution >= 0.6 is 11.6 Å². The van der Waals surface area contributed by atoms with Crippen LogP contribution in [0.5, 0.6) is 0 Å². The second-order valence-electron chi connectivity index (χ2n) is 6.32. The predicted octanol–water partition coefficient (Wildman–Crippen LogP) is 2.92. The Bertz CT molecular complexity index is 616. The van der Waals surface area contributed by atoms with Gasteiger partial charge in [0.15, 0.2) is 9.84 Å². The van der Waals surface area contributed by atoms with Gasteiger partial charge in [-0.3, -0.25) is 0 Å². The molecule has 0 bridgehead atoms. The lowest BCUT2D eigenvalue weighted by molar-refractivity contribution is 0.397. The quantitative estimate of drug-likeness (QED) is 0.921. The molecule has 6 heteroatoms. The van der Waals surface area contributed by atoms with Crippen molar-refractivity contribution in [2.45, 2.75) is 38.1 Å². The molecule has 2 rings (SSSR count). The Morgan fingerprint density at radius 1 is 1.43 bits per heavy atom. The third-order valence-electron chi connectivity index (χ3n) is 3.98. The van der Waals surface area contributed by atoms with E-state index in [1.807, 2.05) is 13.8 Å². The highest BCUT2D eigenvalue weighted by molar-refractivity contribution is 7.91. The minimum absolute atomic E-state index is 0.0507. The topological polar surface area (TPSA) is 46.2 Å². The van der Waals surface area contributed by atoms with Gasteiger partial charge in [0.1, 0.15) is 5.82 Å². The number of hydrogen-bond acceptors (Lipinski definition) is 3. The highest BCUT2D eigenvalue weighted by Crippen LogP contribution is 2.29. The molecular formula is C15H21ClFNO2S. The van der Waals surface area contributed by atoms with E-state index in [0.29, 0.717) is 18.5 Å². The largest absolute Gasteiger partial charge is 0.312 e. The van der Waals surface area contributed by atoms with Gasteiger partial charge in [-0.05, 0) is 24.5 Å². The molecule has 1 heterocycles. The zero-order valence-electron chi connectivity index (χ0n) is 12.3. The van der Waals surface area contributed by atoms with E-state index in [9.17, 15) is 12.8 Å². The fourth-order valence-corrected chi connectivity index (χ4v) is 4.55. The van der Waals surface area contributed by atoms with Gasteiger partial charge in [-0.25, -0.2) is 12.8 Å². The van der Waals surface area contributed by atoms with Crippen molar-refractivity contribution in [1.29, 1.82) is 0 Å². The van der Waals surface area contributed by atoms with Gasteiger partial charge in [0.25, 0.3) is 0 Å². The minimum Gasteiger partial charge on any atom is -0.312 e.